The predicted octanol–water partition coefficient (Wildman–Crippen LogP) is 3.57. The third-order valence-electron chi connectivity index (χ3n) is 4.69. The molecule has 1 saturated heterocycles. The van der Waals surface area contributed by atoms with Crippen LogP contribution in [0.4, 0.5) is 5.82 Å². The first-order valence-corrected chi connectivity index (χ1v) is 8.46. The van der Waals surface area contributed by atoms with Crippen LogP contribution in [0.25, 0.3) is 11.3 Å². The Balaban J connectivity index is 1.68. The van der Waals surface area contributed by atoms with Crippen LogP contribution in [-0.4, -0.2) is 34.4 Å². The van der Waals surface area contributed by atoms with Crippen LogP contribution >= 0.6 is 0 Å². The molecule has 0 radical (unpaired) electrons. The summed E-state index contributed by atoms with van der Waals surface area (Å²) >= 11 is 0. The second-order valence-electron chi connectivity index (χ2n) is 6.65. The number of benzene rings is 1. The van der Waals surface area contributed by atoms with Gasteiger partial charge >= 0.3 is 5.97 Å². The quantitative estimate of drug-likeness (QED) is 0.931. The number of anilines is 1. The second-order valence-corrected chi connectivity index (χ2v) is 6.65. The van der Waals surface area contributed by atoms with Gasteiger partial charge in [-0.3, -0.25) is 4.79 Å². The van der Waals surface area contributed by atoms with Crippen LogP contribution in [0.3, 0.4) is 0 Å². The van der Waals surface area contributed by atoms with E-state index >= 15 is 0 Å². The smallest absolute Gasteiger partial charge is 0.306 e. The van der Waals surface area contributed by atoms with Crippen molar-refractivity contribution in [1.29, 1.82) is 0 Å². The highest BCUT2D eigenvalue weighted by molar-refractivity contribution is 5.70. The molecular formula is C19H23N3O2. The number of aromatic nitrogens is 2. The van der Waals surface area contributed by atoms with Crippen LogP contribution < -0.4 is 4.90 Å². The van der Waals surface area contributed by atoms with Crippen molar-refractivity contribution in [2.45, 2.75) is 32.6 Å². The minimum absolute atomic E-state index is 0.229. The number of rotatable bonds is 4. The van der Waals surface area contributed by atoms with Gasteiger partial charge in [0.2, 0.25) is 0 Å². The Morgan fingerprint density at radius 2 is 1.75 bits per heavy atom. The molecule has 0 unspecified atom stereocenters. The van der Waals surface area contributed by atoms with E-state index in [-0.39, 0.29) is 5.92 Å². The Bertz CT molecular complexity index is 688. The molecule has 2 heterocycles. The van der Waals surface area contributed by atoms with E-state index < -0.39 is 5.97 Å². The predicted molar refractivity (Wildman–Crippen MR) is 94.1 cm³/mol. The van der Waals surface area contributed by atoms with Gasteiger partial charge in [-0.25, -0.2) is 0 Å². The van der Waals surface area contributed by atoms with Crippen LogP contribution in [0.15, 0.2) is 36.4 Å². The van der Waals surface area contributed by atoms with Gasteiger partial charge in [-0.2, -0.15) is 0 Å². The minimum Gasteiger partial charge on any atom is -0.481 e. The Hall–Kier alpha value is -2.43. The van der Waals surface area contributed by atoms with E-state index in [2.05, 4.69) is 53.2 Å². The lowest BCUT2D eigenvalue weighted by atomic mass is 9.97. The molecule has 0 amide bonds. The molecule has 0 atom stereocenters. The SMILES string of the molecule is CC(C)c1ccc(-c2ccc(N3CCC(C(=O)O)CC3)nn2)cc1. The molecule has 1 fully saturated rings. The second kappa shape index (κ2) is 6.99. The molecule has 1 aromatic heterocycles. The maximum Gasteiger partial charge on any atom is 0.306 e. The average Bonchev–Trinajstić information content (AvgIpc) is 2.62. The van der Waals surface area contributed by atoms with E-state index in [1.54, 1.807) is 0 Å². The average molecular weight is 325 g/mol. The third-order valence-corrected chi connectivity index (χ3v) is 4.69. The summed E-state index contributed by atoms with van der Waals surface area (Å²) in [5, 5.41) is 17.7. The summed E-state index contributed by atoms with van der Waals surface area (Å²) in [7, 11) is 0. The van der Waals surface area contributed by atoms with Crippen LogP contribution in [0.1, 0.15) is 38.2 Å². The van der Waals surface area contributed by atoms with Crippen molar-refractivity contribution in [1.82, 2.24) is 10.2 Å². The fraction of sp³-hybridized carbons (Fsp3) is 0.421. The van der Waals surface area contributed by atoms with Crippen molar-refractivity contribution >= 4 is 11.8 Å². The molecule has 0 aliphatic carbocycles. The molecule has 5 heteroatoms. The van der Waals surface area contributed by atoms with Crippen molar-refractivity contribution in [3.05, 3.63) is 42.0 Å². The third kappa shape index (κ3) is 3.55. The van der Waals surface area contributed by atoms with E-state index in [4.69, 9.17) is 5.11 Å². The molecular weight excluding hydrogens is 302 g/mol. The molecule has 3 rings (SSSR count). The first-order chi connectivity index (χ1) is 11.5. The Labute approximate surface area is 142 Å². The molecule has 24 heavy (non-hydrogen) atoms. The van der Waals surface area contributed by atoms with E-state index in [0.29, 0.717) is 31.8 Å². The highest BCUT2D eigenvalue weighted by atomic mass is 16.4. The zero-order valence-electron chi connectivity index (χ0n) is 14.1. The number of carboxylic acid groups (broad SMARTS) is 1. The monoisotopic (exact) mass is 325 g/mol. The summed E-state index contributed by atoms with van der Waals surface area (Å²) in [4.78, 5) is 13.1. The molecule has 0 spiro atoms. The number of hydrogen-bond acceptors (Lipinski definition) is 4. The molecule has 126 valence electrons. The molecule has 1 N–H and O–H groups in total. The standard InChI is InChI=1S/C19H23N3O2/c1-13(2)14-3-5-15(6-4-14)17-7-8-18(21-20-17)22-11-9-16(10-12-22)19(23)24/h3-8,13,16H,9-12H2,1-2H3,(H,23,24). The summed E-state index contributed by atoms with van der Waals surface area (Å²) in [5.74, 6) is 0.413. The fourth-order valence-corrected chi connectivity index (χ4v) is 3.04. The zero-order chi connectivity index (χ0) is 17.1. The Morgan fingerprint density at radius 3 is 2.25 bits per heavy atom. The van der Waals surface area contributed by atoms with Crippen molar-refractivity contribution in [3.63, 3.8) is 0 Å². The van der Waals surface area contributed by atoms with Crippen molar-refractivity contribution in [2.24, 2.45) is 5.92 Å². The van der Waals surface area contributed by atoms with E-state index in [9.17, 15) is 4.79 Å². The summed E-state index contributed by atoms with van der Waals surface area (Å²) in [5.41, 5.74) is 3.22. The Kier molecular flexibility index (Phi) is 4.79. The summed E-state index contributed by atoms with van der Waals surface area (Å²) in [6.07, 6.45) is 1.32. The van der Waals surface area contributed by atoms with Crippen LogP contribution in [0, 0.1) is 5.92 Å². The highest BCUT2D eigenvalue weighted by Crippen LogP contribution is 2.24. The van der Waals surface area contributed by atoms with Gasteiger partial charge in [0.05, 0.1) is 11.6 Å². The van der Waals surface area contributed by atoms with Crippen molar-refractivity contribution in [3.8, 4) is 11.3 Å². The lowest BCUT2D eigenvalue weighted by molar-refractivity contribution is -0.142. The van der Waals surface area contributed by atoms with E-state index in [1.165, 1.54) is 5.56 Å². The van der Waals surface area contributed by atoms with E-state index in [0.717, 1.165) is 17.1 Å². The van der Waals surface area contributed by atoms with Crippen LogP contribution in [0.5, 0.6) is 0 Å². The number of carbonyl (C=O) groups is 1. The van der Waals surface area contributed by atoms with E-state index in [1.807, 2.05) is 12.1 Å². The molecule has 0 saturated carbocycles. The topological polar surface area (TPSA) is 66.3 Å². The van der Waals surface area contributed by atoms with Gasteiger partial charge < -0.3 is 10.0 Å². The minimum atomic E-state index is -0.694. The summed E-state index contributed by atoms with van der Waals surface area (Å²) < 4.78 is 0. The molecule has 0 bridgehead atoms. The lowest BCUT2D eigenvalue weighted by Crippen LogP contribution is -2.36. The van der Waals surface area contributed by atoms with Gasteiger partial charge in [0.25, 0.3) is 0 Å². The normalized spacial score (nSPS) is 15.7. The van der Waals surface area contributed by atoms with Crippen molar-refractivity contribution in [2.75, 3.05) is 18.0 Å². The maximum absolute atomic E-state index is 11.0. The maximum atomic E-state index is 11.0. The summed E-state index contributed by atoms with van der Waals surface area (Å²) in [6.45, 7) is 5.79. The molecule has 1 aromatic carbocycles. The van der Waals surface area contributed by atoms with Crippen LogP contribution in [-0.2, 0) is 4.79 Å². The number of aliphatic carboxylic acids is 1. The molecule has 1 aliphatic rings. The number of piperidine rings is 1. The Morgan fingerprint density at radius 1 is 1.08 bits per heavy atom. The summed E-state index contributed by atoms with van der Waals surface area (Å²) in [6, 6.07) is 12.4. The van der Waals surface area contributed by atoms with Gasteiger partial charge in [0, 0.05) is 18.7 Å². The largest absolute Gasteiger partial charge is 0.481 e. The molecule has 2 aromatic rings. The van der Waals surface area contributed by atoms with Gasteiger partial charge in [-0.05, 0) is 36.5 Å². The lowest BCUT2D eigenvalue weighted by Gasteiger charge is -2.30. The highest BCUT2D eigenvalue weighted by Gasteiger charge is 2.25. The van der Waals surface area contributed by atoms with Gasteiger partial charge in [-0.15, -0.1) is 10.2 Å². The molecule has 1 aliphatic heterocycles. The number of carboxylic acids is 1. The number of nitrogens with zero attached hydrogens (tertiary/aromatic N) is 3. The van der Waals surface area contributed by atoms with Gasteiger partial charge in [0.15, 0.2) is 5.82 Å². The first kappa shape index (κ1) is 16.4. The molecule has 5 nitrogen and oxygen atoms in total. The zero-order valence-corrected chi connectivity index (χ0v) is 14.1. The van der Waals surface area contributed by atoms with Gasteiger partial charge in [0.1, 0.15) is 0 Å². The first-order valence-electron chi connectivity index (χ1n) is 8.46. The number of hydrogen-bond donors (Lipinski definition) is 1. The van der Waals surface area contributed by atoms with Crippen molar-refractivity contribution < 1.29 is 9.90 Å². The van der Waals surface area contributed by atoms with Crippen LogP contribution in [0.2, 0.25) is 0 Å². The van der Waals surface area contributed by atoms with Gasteiger partial charge in [-0.1, -0.05) is 38.1 Å². The fourth-order valence-electron chi connectivity index (χ4n) is 3.04.